The van der Waals surface area contributed by atoms with E-state index in [1.54, 1.807) is 6.07 Å². The third-order valence-electron chi connectivity index (χ3n) is 5.21. The topological polar surface area (TPSA) is 74.3 Å². The number of anilines is 1. The lowest BCUT2D eigenvalue weighted by atomic mass is 9.96. The number of carbonyl (C=O) groups is 2. The van der Waals surface area contributed by atoms with Crippen molar-refractivity contribution in [3.05, 3.63) is 23.9 Å². The molecule has 0 spiro atoms. The first-order valence-corrected chi connectivity index (χ1v) is 9.35. The second-order valence-electron chi connectivity index (χ2n) is 7.23. The van der Waals surface area contributed by atoms with Gasteiger partial charge in [-0.25, -0.2) is 4.98 Å². The summed E-state index contributed by atoms with van der Waals surface area (Å²) in [6, 6.07) is 5.58. The van der Waals surface area contributed by atoms with Crippen molar-refractivity contribution in [2.24, 2.45) is 11.8 Å². The van der Waals surface area contributed by atoms with Crippen LogP contribution >= 0.6 is 24.8 Å². The number of aryl methyl sites for hydroxylation is 1. The van der Waals surface area contributed by atoms with E-state index in [2.05, 4.69) is 15.6 Å². The van der Waals surface area contributed by atoms with Crippen molar-refractivity contribution in [1.82, 2.24) is 15.2 Å². The number of piperidine rings is 1. The molecule has 2 unspecified atom stereocenters. The Labute approximate surface area is 173 Å². The molecular weight excluding hydrogens is 387 g/mol. The van der Waals surface area contributed by atoms with Crippen LogP contribution in [0.5, 0.6) is 0 Å². The minimum Gasteiger partial charge on any atom is -0.342 e. The molecule has 2 aliphatic rings. The van der Waals surface area contributed by atoms with Crippen LogP contribution in [0, 0.1) is 18.8 Å². The van der Waals surface area contributed by atoms with E-state index in [-0.39, 0.29) is 42.5 Å². The molecule has 3 heterocycles. The van der Waals surface area contributed by atoms with Crippen molar-refractivity contribution in [2.75, 3.05) is 31.5 Å². The second kappa shape index (κ2) is 11.5. The normalized spacial score (nSPS) is 21.7. The average molecular weight is 417 g/mol. The van der Waals surface area contributed by atoms with E-state index in [1.807, 2.05) is 24.0 Å². The first-order chi connectivity index (χ1) is 12.1. The van der Waals surface area contributed by atoms with E-state index in [9.17, 15) is 9.59 Å². The van der Waals surface area contributed by atoms with Crippen molar-refractivity contribution >= 4 is 42.4 Å². The van der Waals surface area contributed by atoms with Gasteiger partial charge in [-0.05, 0) is 63.7 Å². The Morgan fingerprint density at radius 3 is 2.81 bits per heavy atom. The van der Waals surface area contributed by atoms with Gasteiger partial charge < -0.3 is 15.5 Å². The zero-order valence-corrected chi connectivity index (χ0v) is 17.4. The zero-order valence-electron chi connectivity index (χ0n) is 15.8. The highest BCUT2D eigenvalue weighted by Gasteiger charge is 2.29. The molecule has 0 saturated carbocycles. The van der Waals surface area contributed by atoms with Crippen molar-refractivity contribution in [3.8, 4) is 0 Å². The van der Waals surface area contributed by atoms with Crippen LogP contribution in [0.25, 0.3) is 0 Å². The van der Waals surface area contributed by atoms with Crippen LogP contribution in [0.4, 0.5) is 5.82 Å². The maximum atomic E-state index is 12.5. The van der Waals surface area contributed by atoms with Crippen LogP contribution in [-0.2, 0) is 9.59 Å². The van der Waals surface area contributed by atoms with Gasteiger partial charge in [0.1, 0.15) is 5.82 Å². The van der Waals surface area contributed by atoms with Crippen LogP contribution in [0.15, 0.2) is 18.2 Å². The summed E-state index contributed by atoms with van der Waals surface area (Å²) < 4.78 is 0. The van der Waals surface area contributed by atoms with E-state index in [1.165, 1.54) is 6.42 Å². The third kappa shape index (κ3) is 6.94. The summed E-state index contributed by atoms with van der Waals surface area (Å²) in [5, 5.41) is 6.23. The largest absolute Gasteiger partial charge is 0.342 e. The maximum Gasteiger partial charge on any atom is 0.230 e. The van der Waals surface area contributed by atoms with Gasteiger partial charge >= 0.3 is 0 Å². The summed E-state index contributed by atoms with van der Waals surface area (Å²) in [6.07, 6.45) is 4.43. The number of pyridine rings is 1. The molecule has 0 bridgehead atoms. The molecule has 0 aliphatic carbocycles. The average Bonchev–Trinajstić information content (AvgIpc) is 3.13. The Kier molecular flexibility index (Phi) is 10.1. The van der Waals surface area contributed by atoms with E-state index in [0.717, 1.165) is 44.6 Å². The quantitative estimate of drug-likeness (QED) is 0.773. The van der Waals surface area contributed by atoms with Gasteiger partial charge in [0.15, 0.2) is 0 Å². The van der Waals surface area contributed by atoms with Gasteiger partial charge in [0.2, 0.25) is 11.8 Å². The predicted molar refractivity (Wildman–Crippen MR) is 112 cm³/mol. The molecule has 2 amide bonds. The Morgan fingerprint density at radius 1 is 1.30 bits per heavy atom. The highest BCUT2D eigenvalue weighted by Crippen LogP contribution is 2.21. The molecule has 2 aliphatic heterocycles. The van der Waals surface area contributed by atoms with Crippen molar-refractivity contribution in [1.29, 1.82) is 0 Å². The summed E-state index contributed by atoms with van der Waals surface area (Å²) in [6.45, 7) is 5.30. The molecule has 1 aromatic rings. The number of aromatic nitrogens is 1. The molecule has 2 atom stereocenters. The summed E-state index contributed by atoms with van der Waals surface area (Å²) in [5.74, 6) is 1.23. The highest BCUT2D eigenvalue weighted by molar-refractivity contribution is 5.92. The van der Waals surface area contributed by atoms with Crippen LogP contribution in [0.1, 0.15) is 37.8 Å². The molecular formula is C19H30Cl2N4O2. The van der Waals surface area contributed by atoms with Crippen molar-refractivity contribution in [3.63, 3.8) is 0 Å². The summed E-state index contributed by atoms with van der Waals surface area (Å²) in [7, 11) is 0. The molecule has 8 heteroatoms. The lowest BCUT2D eigenvalue weighted by Crippen LogP contribution is -2.43. The summed E-state index contributed by atoms with van der Waals surface area (Å²) >= 11 is 0. The Hall–Kier alpha value is -1.37. The first kappa shape index (κ1) is 23.7. The highest BCUT2D eigenvalue weighted by atomic mass is 35.5. The summed E-state index contributed by atoms with van der Waals surface area (Å²) in [5.41, 5.74) is 0.875. The summed E-state index contributed by atoms with van der Waals surface area (Å²) in [4.78, 5) is 31.2. The molecule has 3 rings (SSSR count). The lowest BCUT2D eigenvalue weighted by Gasteiger charge is -2.32. The first-order valence-electron chi connectivity index (χ1n) is 9.35. The Morgan fingerprint density at radius 2 is 2.11 bits per heavy atom. The van der Waals surface area contributed by atoms with E-state index in [4.69, 9.17) is 0 Å². The number of carbonyl (C=O) groups excluding carboxylic acids is 2. The van der Waals surface area contributed by atoms with E-state index in [0.29, 0.717) is 24.7 Å². The standard InChI is InChI=1S/C19H28N4O2.2ClH/c1-14-4-2-6-17(21-14)22-19(25)16-5-3-11-23(13-16)18(24)8-7-15-9-10-20-12-15;;/h2,4,6,15-16,20H,3,5,7-13H2,1H3,(H,21,22,25);2*1H. The number of nitrogens with zero attached hydrogens (tertiary/aromatic N) is 2. The molecule has 2 N–H and O–H groups in total. The fourth-order valence-corrected chi connectivity index (χ4v) is 3.71. The smallest absolute Gasteiger partial charge is 0.230 e. The van der Waals surface area contributed by atoms with Crippen LogP contribution < -0.4 is 10.6 Å². The zero-order chi connectivity index (χ0) is 17.6. The minimum absolute atomic E-state index is 0. The van der Waals surface area contributed by atoms with Crippen LogP contribution in [-0.4, -0.2) is 47.9 Å². The third-order valence-corrected chi connectivity index (χ3v) is 5.21. The van der Waals surface area contributed by atoms with Crippen LogP contribution in [0.2, 0.25) is 0 Å². The molecule has 2 fully saturated rings. The number of rotatable bonds is 5. The molecule has 0 radical (unpaired) electrons. The van der Waals surface area contributed by atoms with E-state index >= 15 is 0 Å². The molecule has 27 heavy (non-hydrogen) atoms. The number of nitrogens with one attached hydrogen (secondary N) is 2. The number of hydrogen-bond donors (Lipinski definition) is 2. The molecule has 2 saturated heterocycles. The van der Waals surface area contributed by atoms with Crippen molar-refractivity contribution < 1.29 is 9.59 Å². The van der Waals surface area contributed by atoms with Gasteiger partial charge in [0, 0.05) is 25.2 Å². The number of halogens is 2. The van der Waals surface area contributed by atoms with Gasteiger partial charge in [-0.15, -0.1) is 24.8 Å². The lowest BCUT2D eigenvalue weighted by molar-refractivity contribution is -0.134. The maximum absolute atomic E-state index is 12.5. The number of likely N-dealkylation sites (tertiary alicyclic amines) is 1. The predicted octanol–water partition coefficient (Wildman–Crippen LogP) is 2.80. The number of amides is 2. The van der Waals surface area contributed by atoms with Gasteiger partial charge in [0.25, 0.3) is 0 Å². The molecule has 1 aromatic heterocycles. The van der Waals surface area contributed by atoms with Crippen LogP contribution in [0.3, 0.4) is 0 Å². The Bertz CT molecular complexity index is 623. The Balaban J connectivity index is 0.00000182. The van der Waals surface area contributed by atoms with Gasteiger partial charge in [-0.2, -0.15) is 0 Å². The fourth-order valence-electron chi connectivity index (χ4n) is 3.71. The SMILES string of the molecule is Cc1cccc(NC(=O)C2CCCN(C(=O)CCC3CCNC3)C2)n1.Cl.Cl. The van der Waals surface area contributed by atoms with Gasteiger partial charge in [0.05, 0.1) is 5.92 Å². The molecule has 0 aromatic carbocycles. The molecule has 6 nitrogen and oxygen atoms in total. The monoisotopic (exact) mass is 416 g/mol. The van der Waals surface area contributed by atoms with Crippen molar-refractivity contribution in [2.45, 2.75) is 39.0 Å². The van der Waals surface area contributed by atoms with Gasteiger partial charge in [-0.3, -0.25) is 9.59 Å². The molecule has 152 valence electrons. The minimum atomic E-state index is -0.145. The fraction of sp³-hybridized carbons (Fsp3) is 0.632. The second-order valence-corrected chi connectivity index (χ2v) is 7.23. The number of hydrogen-bond acceptors (Lipinski definition) is 4. The van der Waals surface area contributed by atoms with Gasteiger partial charge in [-0.1, -0.05) is 6.07 Å². The van der Waals surface area contributed by atoms with E-state index < -0.39 is 0 Å².